The highest BCUT2D eigenvalue weighted by Crippen LogP contribution is 2.30. The van der Waals surface area contributed by atoms with E-state index in [2.05, 4.69) is 19.2 Å². The molecule has 0 aliphatic carbocycles. The second-order valence-electron chi connectivity index (χ2n) is 7.52. The predicted octanol–water partition coefficient (Wildman–Crippen LogP) is 3.80. The summed E-state index contributed by atoms with van der Waals surface area (Å²) in [5.74, 6) is 1.81. The van der Waals surface area contributed by atoms with E-state index in [-0.39, 0.29) is 30.6 Å². The van der Waals surface area contributed by atoms with E-state index >= 15 is 0 Å². The van der Waals surface area contributed by atoms with Gasteiger partial charge in [0.1, 0.15) is 12.7 Å². The Hall–Kier alpha value is -2.82. The molecule has 0 aromatic heterocycles. The molecule has 0 spiro atoms. The SMILES string of the molecule is CC(C)Cc1ccc(C(=O)CCC(=O)NCC2COc3ccccc3O2)cc1. The van der Waals surface area contributed by atoms with E-state index in [1.54, 1.807) is 0 Å². The zero-order valence-electron chi connectivity index (χ0n) is 16.4. The number of para-hydroxylation sites is 2. The van der Waals surface area contributed by atoms with Crippen LogP contribution in [-0.4, -0.2) is 30.9 Å². The second kappa shape index (κ2) is 9.40. The number of benzene rings is 2. The van der Waals surface area contributed by atoms with Gasteiger partial charge in [-0.1, -0.05) is 50.2 Å². The first-order valence-electron chi connectivity index (χ1n) is 9.78. The van der Waals surface area contributed by atoms with Crippen molar-refractivity contribution in [3.05, 3.63) is 59.7 Å². The van der Waals surface area contributed by atoms with Crippen molar-refractivity contribution in [3.63, 3.8) is 0 Å². The molecule has 1 heterocycles. The highest BCUT2D eigenvalue weighted by atomic mass is 16.6. The lowest BCUT2D eigenvalue weighted by Gasteiger charge is -2.26. The van der Waals surface area contributed by atoms with Gasteiger partial charge in [0.05, 0.1) is 6.54 Å². The smallest absolute Gasteiger partial charge is 0.220 e. The number of hydrogen-bond donors (Lipinski definition) is 1. The topological polar surface area (TPSA) is 64.6 Å². The minimum absolute atomic E-state index is 0.0163. The molecule has 1 aliphatic rings. The van der Waals surface area contributed by atoms with Crippen LogP contribution in [0.1, 0.15) is 42.6 Å². The summed E-state index contributed by atoms with van der Waals surface area (Å²) < 4.78 is 11.4. The van der Waals surface area contributed by atoms with Crippen molar-refractivity contribution >= 4 is 11.7 Å². The Bertz CT molecular complexity index is 814. The molecule has 5 nitrogen and oxygen atoms in total. The van der Waals surface area contributed by atoms with Crippen molar-refractivity contribution < 1.29 is 19.1 Å². The van der Waals surface area contributed by atoms with E-state index in [1.165, 1.54) is 5.56 Å². The number of amides is 1. The highest BCUT2D eigenvalue weighted by Gasteiger charge is 2.21. The van der Waals surface area contributed by atoms with E-state index < -0.39 is 0 Å². The first-order chi connectivity index (χ1) is 13.5. The second-order valence-corrected chi connectivity index (χ2v) is 7.52. The Morgan fingerprint density at radius 2 is 1.75 bits per heavy atom. The van der Waals surface area contributed by atoms with Crippen LogP contribution in [0.2, 0.25) is 0 Å². The molecular formula is C23H27NO4. The quantitative estimate of drug-likeness (QED) is 0.707. The van der Waals surface area contributed by atoms with Crippen LogP contribution in [0, 0.1) is 5.92 Å². The lowest BCUT2D eigenvalue weighted by Crippen LogP contribution is -2.40. The predicted molar refractivity (Wildman–Crippen MR) is 108 cm³/mol. The number of rotatable bonds is 8. The summed E-state index contributed by atoms with van der Waals surface area (Å²) >= 11 is 0. The first kappa shape index (κ1) is 19.9. The maximum Gasteiger partial charge on any atom is 0.220 e. The fourth-order valence-corrected chi connectivity index (χ4v) is 3.15. The molecule has 5 heteroatoms. The van der Waals surface area contributed by atoms with Crippen molar-refractivity contribution in [1.29, 1.82) is 0 Å². The Kier molecular flexibility index (Phi) is 6.69. The summed E-state index contributed by atoms with van der Waals surface area (Å²) in [6.45, 7) is 5.08. The van der Waals surface area contributed by atoms with Gasteiger partial charge in [-0.05, 0) is 30.0 Å². The molecule has 1 atom stereocenters. The largest absolute Gasteiger partial charge is 0.486 e. The van der Waals surface area contributed by atoms with Gasteiger partial charge in [0.15, 0.2) is 17.3 Å². The summed E-state index contributed by atoms with van der Waals surface area (Å²) in [5.41, 5.74) is 1.88. The maximum atomic E-state index is 12.3. The van der Waals surface area contributed by atoms with Crippen LogP contribution >= 0.6 is 0 Å². The molecule has 0 saturated heterocycles. The van der Waals surface area contributed by atoms with Gasteiger partial charge in [-0.15, -0.1) is 0 Å². The fraction of sp³-hybridized carbons (Fsp3) is 0.391. The summed E-state index contributed by atoms with van der Waals surface area (Å²) in [7, 11) is 0. The standard InChI is InChI=1S/C23H27NO4/c1-16(2)13-17-7-9-18(10-8-17)20(25)11-12-23(26)24-14-19-15-27-21-5-3-4-6-22(21)28-19/h3-10,16,19H,11-15H2,1-2H3,(H,24,26). The van der Waals surface area contributed by atoms with Crippen LogP contribution in [0.3, 0.4) is 0 Å². The third kappa shape index (κ3) is 5.59. The van der Waals surface area contributed by atoms with Crippen molar-refractivity contribution in [2.24, 2.45) is 5.92 Å². The maximum absolute atomic E-state index is 12.3. The van der Waals surface area contributed by atoms with E-state index in [4.69, 9.17) is 9.47 Å². The number of hydrogen-bond acceptors (Lipinski definition) is 4. The van der Waals surface area contributed by atoms with E-state index in [0.29, 0.717) is 30.4 Å². The molecule has 0 radical (unpaired) electrons. The lowest BCUT2D eigenvalue weighted by molar-refractivity contribution is -0.121. The van der Waals surface area contributed by atoms with Gasteiger partial charge in [-0.25, -0.2) is 0 Å². The Labute approximate surface area is 166 Å². The lowest BCUT2D eigenvalue weighted by atomic mass is 9.99. The summed E-state index contributed by atoms with van der Waals surface area (Å²) in [6, 6.07) is 15.1. The minimum atomic E-state index is -0.233. The zero-order chi connectivity index (χ0) is 19.9. The van der Waals surface area contributed by atoms with Crippen molar-refractivity contribution in [2.45, 2.75) is 39.2 Å². The van der Waals surface area contributed by atoms with Gasteiger partial charge in [0.25, 0.3) is 0 Å². The monoisotopic (exact) mass is 381 g/mol. The van der Waals surface area contributed by atoms with E-state index in [9.17, 15) is 9.59 Å². The third-order valence-corrected chi connectivity index (χ3v) is 4.59. The van der Waals surface area contributed by atoms with Gasteiger partial charge in [-0.3, -0.25) is 9.59 Å². The summed E-state index contributed by atoms with van der Waals surface area (Å²) in [5, 5.41) is 2.82. The minimum Gasteiger partial charge on any atom is -0.486 e. The van der Waals surface area contributed by atoms with Gasteiger partial charge < -0.3 is 14.8 Å². The van der Waals surface area contributed by atoms with Crippen molar-refractivity contribution in [2.75, 3.05) is 13.2 Å². The van der Waals surface area contributed by atoms with Crippen LogP contribution < -0.4 is 14.8 Å². The van der Waals surface area contributed by atoms with Crippen LogP contribution in [0.4, 0.5) is 0 Å². The molecule has 3 rings (SSSR count). The van der Waals surface area contributed by atoms with E-state index in [1.807, 2.05) is 48.5 Å². The average molecular weight is 381 g/mol. The van der Waals surface area contributed by atoms with Gasteiger partial charge in [0, 0.05) is 18.4 Å². The number of fused-ring (bicyclic) bond motifs is 1. The number of nitrogens with one attached hydrogen (secondary N) is 1. The van der Waals surface area contributed by atoms with Crippen LogP contribution in [0.5, 0.6) is 11.5 Å². The number of carbonyl (C=O) groups excluding carboxylic acids is 2. The molecule has 2 aromatic carbocycles. The summed E-state index contributed by atoms with van der Waals surface area (Å²) in [6.07, 6.45) is 1.12. The molecular weight excluding hydrogens is 354 g/mol. The third-order valence-electron chi connectivity index (χ3n) is 4.59. The molecule has 0 fully saturated rings. The molecule has 1 unspecified atom stereocenters. The zero-order valence-corrected chi connectivity index (χ0v) is 16.4. The van der Waals surface area contributed by atoms with Crippen molar-refractivity contribution in [3.8, 4) is 11.5 Å². The molecule has 0 saturated carbocycles. The van der Waals surface area contributed by atoms with Gasteiger partial charge in [-0.2, -0.15) is 0 Å². The molecule has 2 aromatic rings. The molecule has 1 aliphatic heterocycles. The van der Waals surface area contributed by atoms with E-state index in [0.717, 1.165) is 12.2 Å². The Balaban J connectivity index is 1.40. The molecule has 1 amide bonds. The molecule has 28 heavy (non-hydrogen) atoms. The van der Waals surface area contributed by atoms with Crippen LogP contribution in [0.15, 0.2) is 48.5 Å². The van der Waals surface area contributed by atoms with Gasteiger partial charge >= 0.3 is 0 Å². The average Bonchev–Trinajstić information content (AvgIpc) is 2.70. The van der Waals surface area contributed by atoms with Gasteiger partial charge in [0.2, 0.25) is 5.91 Å². The Morgan fingerprint density at radius 3 is 2.46 bits per heavy atom. The summed E-state index contributed by atoms with van der Waals surface area (Å²) in [4.78, 5) is 24.4. The van der Waals surface area contributed by atoms with Crippen LogP contribution in [-0.2, 0) is 11.2 Å². The van der Waals surface area contributed by atoms with Crippen molar-refractivity contribution in [1.82, 2.24) is 5.32 Å². The number of ether oxygens (including phenoxy) is 2. The molecule has 1 N–H and O–H groups in total. The number of Topliss-reactive ketones (excluding diaryl/α,β-unsaturated/α-hetero) is 1. The normalized spacial score (nSPS) is 15.3. The molecule has 148 valence electrons. The fourth-order valence-electron chi connectivity index (χ4n) is 3.15. The van der Waals surface area contributed by atoms with Crippen LogP contribution in [0.25, 0.3) is 0 Å². The highest BCUT2D eigenvalue weighted by molar-refractivity contribution is 5.97. The Morgan fingerprint density at radius 1 is 1.04 bits per heavy atom. The number of ketones is 1. The number of carbonyl (C=O) groups is 2. The first-order valence-corrected chi connectivity index (χ1v) is 9.78. The molecule has 0 bridgehead atoms.